The molecule has 0 radical (unpaired) electrons. The van der Waals surface area contributed by atoms with Gasteiger partial charge in [0.2, 0.25) is 0 Å². The quantitative estimate of drug-likeness (QED) is 0.850. The van der Waals surface area contributed by atoms with Crippen LogP contribution in [0.5, 0.6) is 0 Å². The van der Waals surface area contributed by atoms with Crippen LogP contribution in [0, 0.1) is 12.8 Å². The Morgan fingerprint density at radius 1 is 1.29 bits per heavy atom. The molecule has 114 valence electrons. The van der Waals surface area contributed by atoms with E-state index in [4.69, 9.17) is 0 Å². The van der Waals surface area contributed by atoms with E-state index in [9.17, 15) is 0 Å². The summed E-state index contributed by atoms with van der Waals surface area (Å²) in [5, 5.41) is 7.86. The second-order valence-corrected chi connectivity index (χ2v) is 5.77. The summed E-state index contributed by atoms with van der Waals surface area (Å²) in [6, 6.07) is 4.25. The van der Waals surface area contributed by atoms with E-state index in [2.05, 4.69) is 54.1 Å². The highest BCUT2D eigenvalue weighted by atomic mass is 15.3. The van der Waals surface area contributed by atoms with Crippen molar-refractivity contribution in [1.29, 1.82) is 0 Å². The molecule has 21 heavy (non-hydrogen) atoms. The monoisotopic (exact) mass is 287 g/mol. The fourth-order valence-electron chi connectivity index (χ4n) is 2.50. The SMILES string of the molecule is CCNC(Cc1ncnn1CC(C)C)c1ncccc1C. The van der Waals surface area contributed by atoms with Crippen LogP contribution in [0.1, 0.15) is 43.9 Å². The van der Waals surface area contributed by atoms with Crippen molar-refractivity contribution >= 4 is 0 Å². The maximum atomic E-state index is 4.55. The summed E-state index contributed by atoms with van der Waals surface area (Å²) in [6.45, 7) is 10.4. The molecule has 5 heteroatoms. The van der Waals surface area contributed by atoms with Crippen molar-refractivity contribution in [2.45, 2.75) is 46.7 Å². The van der Waals surface area contributed by atoms with E-state index < -0.39 is 0 Å². The summed E-state index contributed by atoms with van der Waals surface area (Å²) in [5.41, 5.74) is 2.30. The minimum absolute atomic E-state index is 0.173. The van der Waals surface area contributed by atoms with Crippen molar-refractivity contribution in [1.82, 2.24) is 25.1 Å². The number of nitrogens with one attached hydrogen (secondary N) is 1. The van der Waals surface area contributed by atoms with Gasteiger partial charge in [-0.1, -0.05) is 26.8 Å². The number of hydrogen-bond acceptors (Lipinski definition) is 4. The number of pyridine rings is 1. The third-order valence-electron chi connectivity index (χ3n) is 3.45. The van der Waals surface area contributed by atoms with Crippen molar-refractivity contribution in [3.63, 3.8) is 0 Å². The molecule has 0 aliphatic heterocycles. The lowest BCUT2D eigenvalue weighted by atomic mass is 10.0. The van der Waals surface area contributed by atoms with Crippen LogP contribution in [0.2, 0.25) is 0 Å². The smallest absolute Gasteiger partial charge is 0.138 e. The molecule has 0 amide bonds. The van der Waals surface area contributed by atoms with Crippen molar-refractivity contribution in [3.8, 4) is 0 Å². The maximum absolute atomic E-state index is 4.55. The molecule has 1 atom stereocenters. The summed E-state index contributed by atoms with van der Waals surface area (Å²) in [5.74, 6) is 1.57. The molecule has 5 nitrogen and oxygen atoms in total. The molecule has 0 aliphatic carbocycles. The number of nitrogens with zero attached hydrogens (tertiary/aromatic N) is 4. The first-order valence-electron chi connectivity index (χ1n) is 7.63. The number of rotatable bonds is 7. The highest BCUT2D eigenvalue weighted by Crippen LogP contribution is 2.19. The summed E-state index contributed by atoms with van der Waals surface area (Å²) in [6.07, 6.45) is 4.30. The molecular weight excluding hydrogens is 262 g/mol. The highest BCUT2D eigenvalue weighted by Gasteiger charge is 2.18. The first-order chi connectivity index (χ1) is 10.1. The molecule has 0 saturated heterocycles. The molecule has 0 bridgehead atoms. The van der Waals surface area contributed by atoms with Crippen LogP contribution < -0.4 is 5.32 Å². The lowest BCUT2D eigenvalue weighted by Gasteiger charge is -2.19. The van der Waals surface area contributed by atoms with Gasteiger partial charge in [-0.2, -0.15) is 5.10 Å². The first kappa shape index (κ1) is 15.6. The van der Waals surface area contributed by atoms with Gasteiger partial charge in [0.25, 0.3) is 0 Å². The van der Waals surface area contributed by atoms with Gasteiger partial charge in [-0.3, -0.25) is 4.98 Å². The minimum Gasteiger partial charge on any atom is -0.309 e. The van der Waals surface area contributed by atoms with Gasteiger partial charge in [0, 0.05) is 19.2 Å². The molecule has 1 unspecified atom stereocenters. The average Bonchev–Trinajstić information content (AvgIpc) is 2.85. The van der Waals surface area contributed by atoms with Crippen molar-refractivity contribution in [3.05, 3.63) is 41.7 Å². The normalized spacial score (nSPS) is 12.8. The van der Waals surface area contributed by atoms with Crippen LogP contribution in [-0.2, 0) is 13.0 Å². The van der Waals surface area contributed by atoms with Gasteiger partial charge in [0.1, 0.15) is 12.2 Å². The van der Waals surface area contributed by atoms with Crippen molar-refractivity contribution in [2.24, 2.45) is 5.92 Å². The Balaban J connectivity index is 2.21. The fraction of sp³-hybridized carbons (Fsp3) is 0.562. The molecule has 2 heterocycles. The summed E-state index contributed by atoms with van der Waals surface area (Å²) in [7, 11) is 0. The lowest BCUT2D eigenvalue weighted by molar-refractivity contribution is 0.443. The Labute approximate surface area is 126 Å². The molecule has 2 aromatic rings. The number of aromatic nitrogens is 4. The molecular formula is C16H25N5. The standard InChI is InChI=1S/C16H25N5/c1-5-17-14(16-13(4)7-6-8-18-16)9-15-19-11-20-21(15)10-12(2)3/h6-8,11-12,14,17H,5,9-10H2,1-4H3. The predicted molar refractivity (Wildman–Crippen MR) is 84.0 cm³/mol. The van der Waals surface area contributed by atoms with Crippen LogP contribution in [0.4, 0.5) is 0 Å². The van der Waals surface area contributed by atoms with Gasteiger partial charge in [-0.25, -0.2) is 9.67 Å². The Kier molecular flexibility index (Phi) is 5.44. The Morgan fingerprint density at radius 3 is 2.76 bits per heavy atom. The number of hydrogen-bond donors (Lipinski definition) is 1. The molecule has 2 aromatic heterocycles. The van der Waals surface area contributed by atoms with E-state index in [0.29, 0.717) is 5.92 Å². The molecule has 0 aliphatic rings. The second-order valence-electron chi connectivity index (χ2n) is 5.77. The van der Waals surface area contributed by atoms with Gasteiger partial charge < -0.3 is 5.32 Å². The second kappa shape index (κ2) is 7.31. The summed E-state index contributed by atoms with van der Waals surface area (Å²) >= 11 is 0. The minimum atomic E-state index is 0.173. The first-order valence-corrected chi connectivity index (χ1v) is 7.63. The van der Waals surface area contributed by atoms with E-state index in [1.807, 2.05) is 16.9 Å². The van der Waals surface area contributed by atoms with Crippen LogP contribution in [-0.4, -0.2) is 26.3 Å². The Bertz CT molecular complexity index is 561. The van der Waals surface area contributed by atoms with Crippen LogP contribution in [0.25, 0.3) is 0 Å². The zero-order valence-electron chi connectivity index (χ0n) is 13.4. The summed E-state index contributed by atoms with van der Waals surface area (Å²) in [4.78, 5) is 8.98. The fourth-order valence-corrected chi connectivity index (χ4v) is 2.50. The summed E-state index contributed by atoms with van der Waals surface area (Å²) < 4.78 is 2.01. The van der Waals surface area contributed by atoms with Gasteiger partial charge in [0.15, 0.2) is 0 Å². The van der Waals surface area contributed by atoms with Crippen LogP contribution >= 0.6 is 0 Å². The largest absolute Gasteiger partial charge is 0.309 e. The number of likely N-dealkylation sites (N-methyl/N-ethyl adjacent to an activating group) is 1. The van der Waals surface area contributed by atoms with E-state index in [-0.39, 0.29) is 6.04 Å². The van der Waals surface area contributed by atoms with Crippen LogP contribution in [0.15, 0.2) is 24.7 Å². The average molecular weight is 287 g/mol. The molecule has 0 aromatic carbocycles. The highest BCUT2D eigenvalue weighted by molar-refractivity contribution is 5.22. The lowest BCUT2D eigenvalue weighted by Crippen LogP contribution is -2.26. The predicted octanol–water partition coefficient (Wildman–Crippen LogP) is 2.53. The Hall–Kier alpha value is -1.75. The van der Waals surface area contributed by atoms with E-state index in [1.165, 1.54) is 5.56 Å². The van der Waals surface area contributed by atoms with E-state index >= 15 is 0 Å². The number of aryl methyl sites for hydroxylation is 1. The van der Waals surface area contributed by atoms with Crippen LogP contribution in [0.3, 0.4) is 0 Å². The zero-order valence-corrected chi connectivity index (χ0v) is 13.4. The van der Waals surface area contributed by atoms with Gasteiger partial charge >= 0.3 is 0 Å². The molecule has 0 spiro atoms. The topological polar surface area (TPSA) is 55.6 Å². The zero-order chi connectivity index (χ0) is 15.2. The molecule has 0 saturated carbocycles. The maximum Gasteiger partial charge on any atom is 0.138 e. The molecule has 1 N–H and O–H groups in total. The third kappa shape index (κ3) is 4.11. The molecule has 2 rings (SSSR count). The van der Waals surface area contributed by atoms with Crippen molar-refractivity contribution < 1.29 is 0 Å². The van der Waals surface area contributed by atoms with Gasteiger partial charge in [0.05, 0.1) is 11.7 Å². The van der Waals surface area contributed by atoms with Crippen molar-refractivity contribution in [2.75, 3.05) is 6.54 Å². The molecule has 0 fully saturated rings. The van der Waals surface area contributed by atoms with Gasteiger partial charge in [-0.05, 0) is 31.0 Å². The van der Waals surface area contributed by atoms with Gasteiger partial charge in [-0.15, -0.1) is 0 Å². The Morgan fingerprint density at radius 2 is 2.10 bits per heavy atom. The van der Waals surface area contributed by atoms with E-state index in [0.717, 1.165) is 31.0 Å². The van der Waals surface area contributed by atoms with E-state index in [1.54, 1.807) is 6.33 Å². The third-order valence-corrected chi connectivity index (χ3v) is 3.45.